The van der Waals surface area contributed by atoms with Crippen molar-refractivity contribution in [1.29, 1.82) is 0 Å². The maximum Gasteiger partial charge on any atom is 0.255 e. The second kappa shape index (κ2) is 10.1. The summed E-state index contributed by atoms with van der Waals surface area (Å²) < 4.78 is 11.2. The third kappa shape index (κ3) is 4.74. The highest BCUT2D eigenvalue weighted by Gasteiger charge is 2.35. The molecule has 0 saturated heterocycles. The van der Waals surface area contributed by atoms with Crippen LogP contribution in [0.3, 0.4) is 0 Å². The van der Waals surface area contributed by atoms with Crippen LogP contribution < -0.4 is 14.8 Å². The Hall–Kier alpha value is -3.02. The Morgan fingerprint density at radius 2 is 1.91 bits per heavy atom. The lowest BCUT2D eigenvalue weighted by molar-refractivity contribution is -0.123. The van der Waals surface area contributed by atoms with Gasteiger partial charge in [-0.15, -0.1) is 0 Å². The third-order valence-electron chi connectivity index (χ3n) is 6.45. The number of nitrogens with one attached hydrogen (secondary N) is 1. The number of hydrogen-bond donors (Lipinski definition) is 1. The van der Waals surface area contributed by atoms with E-state index in [9.17, 15) is 9.59 Å². The number of carbonyl (C=O) groups is 2. The largest absolute Gasteiger partial charge is 0.493 e. The molecule has 2 aromatic carbocycles. The van der Waals surface area contributed by atoms with Gasteiger partial charge in [0.25, 0.3) is 5.91 Å². The van der Waals surface area contributed by atoms with E-state index in [2.05, 4.69) is 5.32 Å². The second-order valence-electron chi connectivity index (χ2n) is 8.56. The molecule has 0 aromatic heterocycles. The minimum atomic E-state index is -0.386. The molecule has 2 amide bonds. The Bertz CT molecular complexity index is 968. The highest BCUT2D eigenvalue weighted by molar-refractivity contribution is 5.98. The predicted octanol–water partition coefficient (Wildman–Crippen LogP) is 4.63. The van der Waals surface area contributed by atoms with Crippen molar-refractivity contribution >= 4 is 11.8 Å². The van der Waals surface area contributed by atoms with E-state index in [4.69, 9.17) is 9.47 Å². The number of amides is 2. The Balaban J connectivity index is 1.61. The monoisotopic (exact) mass is 436 g/mol. The molecule has 1 aliphatic heterocycles. The third-order valence-corrected chi connectivity index (χ3v) is 6.45. The molecule has 1 N–H and O–H groups in total. The highest BCUT2D eigenvalue weighted by atomic mass is 16.5. The van der Waals surface area contributed by atoms with Crippen LogP contribution in [-0.4, -0.2) is 36.5 Å². The van der Waals surface area contributed by atoms with Crippen LogP contribution in [0.4, 0.5) is 0 Å². The van der Waals surface area contributed by atoms with Gasteiger partial charge in [-0.25, -0.2) is 0 Å². The van der Waals surface area contributed by atoms with Crippen molar-refractivity contribution in [3.8, 4) is 11.5 Å². The molecule has 0 radical (unpaired) electrons. The molecule has 2 aromatic rings. The predicted molar refractivity (Wildman–Crippen MR) is 123 cm³/mol. The number of hydrogen-bond acceptors (Lipinski definition) is 4. The average molecular weight is 437 g/mol. The molecule has 6 nitrogen and oxygen atoms in total. The van der Waals surface area contributed by atoms with Crippen molar-refractivity contribution in [3.63, 3.8) is 0 Å². The van der Waals surface area contributed by atoms with Crippen molar-refractivity contribution in [1.82, 2.24) is 10.2 Å². The molecule has 1 fully saturated rings. The fraction of sp³-hybridized carbons (Fsp3) is 0.462. The van der Waals surface area contributed by atoms with E-state index in [0.29, 0.717) is 30.2 Å². The lowest BCUT2D eigenvalue weighted by Gasteiger charge is -2.30. The van der Waals surface area contributed by atoms with E-state index in [0.717, 1.165) is 36.8 Å². The lowest BCUT2D eigenvalue weighted by Crippen LogP contribution is -2.39. The van der Waals surface area contributed by atoms with Crippen LogP contribution in [0.5, 0.6) is 11.5 Å². The van der Waals surface area contributed by atoms with Gasteiger partial charge in [-0.3, -0.25) is 9.59 Å². The maximum absolute atomic E-state index is 13.2. The first kappa shape index (κ1) is 22.2. The van der Waals surface area contributed by atoms with Gasteiger partial charge in [0.2, 0.25) is 5.91 Å². The van der Waals surface area contributed by atoms with Crippen molar-refractivity contribution in [2.45, 2.75) is 64.1 Å². The van der Waals surface area contributed by atoms with E-state index < -0.39 is 0 Å². The summed E-state index contributed by atoms with van der Waals surface area (Å²) in [6.45, 7) is 2.95. The number of carbonyl (C=O) groups excluding carboxylic acids is 2. The minimum absolute atomic E-state index is 0.0153. The van der Waals surface area contributed by atoms with Gasteiger partial charge >= 0.3 is 0 Å². The lowest BCUT2D eigenvalue weighted by atomic mass is 9.95. The number of rotatable bonds is 8. The zero-order valence-electron chi connectivity index (χ0n) is 18.9. The summed E-state index contributed by atoms with van der Waals surface area (Å²) in [5.41, 5.74) is 2.57. The second-order valence-corrected chi connectivity index (χ2v) is 8.56. The Labute approximate surface area is 189 Å². The van der Waals surface area contributed by atoms with Gasteiger partial charge in [0, 0.05) is 18.2 Å². The van der Waals surface area contributed by atoms with Crippen LogP contribution in [0.25, 0.3) is 0 Å². The van der Waals surface area contributed by atoms with E-state index >= 15 is 0 Å². The zero-order chi connectivity index (χ0) is 22.5. The average Bonchev–Trinajstić information content (AvgIpc) is 3.15. The van der Waals surface area contributed by atoms with Gasteiger partial charge in [0.1, 0.15) is 0 Å². The van der Waals surface area contributed by atoms with E-state index in [-0.39, 0.29) is 30.3 Å². The molecule has 170 valence electrons. The first-order chi connectivity index (χ1) is 15.6. The van der Waals surface area contributed by atoms with Gasteiger partial charge < -0.3 is 19.7 Å². The molecule has 0 spiro atoms. The highest BCUT2D eigenvalue weighted by Crippen LogP contribution is 2.37. The van der Waals surface area contributed by atoms with Crippen molar-refractivity contribution in [2.75, 3.05) is 13.7 Å². The summed E-state index contributed by atoms with van der Waals surface area (Å²) in [7, 11) is 1.60. The van der Waals surface area contributed by atoms with Crippen LogP contribution in [0.1, 0.15) is 73.0 Å². The number of ether oxygens (including phenoxy) is 2. The molecule has 1 heterocycles. The summed E-state index contributed by atoms with van der Waals surface area (Å²) in [6, 6.07) is 13.2. The van der Waals surface area contributed by atoms with Gasteiger partial charge in [-0.05, 0) is 49.1 Å². The van der Waals surface area contributed by atoms with Crippen molar-refractivity contribution in [3.05, 3.63) is 59.2 Å². The summed E-state index contributed by atoms with van der Waals surface area (Å²) in [4.78, 5) is 28.1. The van der Waals surface area contributed by atoms with Crippen molar-refractivity contribution in [2.24, 2.45) is 0 Å². The molecule has 1 aliphatic carbocycles. The first-order valence-electron chi connectivity index (χ1n) is 11.6. The normalized spacial score (nSPS) is 17.1. The van der Waals surface area contributed by atoms with E-state index in [1.165, 1.54) is 6.42 Å². The summed E-state index contributed by atoms with van der Waals surface area (Å²) in [6.07, 6.45) is 5.83. The molecular formula is C26H32N2O4. The quantitative estimate of drug-likeness (QED) is 0.655. The van der Waals surface area contributed by atoms with Crippen LogP contribution >= 0.6 is 0 Å². The molecule has 6 heteroatoms. The smallest absolute Gasteiger partial charge is 0.255 e. The fourth-order valence-electron chi connectivity index (χ4n) is 4.81. The summed E-state index contributed by atoms with van der Waals surface area (Å²) in [5.74, 6) is 1.20. The molecule has 2 aliphatic rings. The number of benzene rings is 2. The fourth-order valence-corrected chi connectivity index (χ4v) is 4.81. The molecular weight excluding hydrogens is 404 g/mol. The topological polar surface area (TPSA) is 67.9 Å². The molecule has 0 bridgehead atoms. The van der Waals surface area contributed by atoms with E-state index in [1.807, 2.05) is 49.4 Å². The molecule has 32 heavy (non-hydrogen) atoms. The van der Waals surface area contributed by atoms with Crippen LogP contribution in [0, 0.1) is 0 Å². The molecule has 4 rings (SSSR count). The van der Waals surface area contributed by atoms with Gasteiger partial charge in [-0.2, -0.15) is 0 Å². The van der Waals surface area contributed by atoms with Crippen LogP contribution in [0.15, 0.2) is 42.5 Å². The Morgan fingerprint density at radius 1 is 1.12 bits per heavy atom. The maximum atomic E-state index is 13.2. The number of methoxy groups -OCH3 is 1. The standard InChI is InChI=1S/C26H32N2O4/c1-3-32-23-14-13-18(15-24(23)31-2)22(16-25(29)27-20-10-5-4-6-11-20)28-17-19-9-7-8-12-21(19)26(28)30/h7-9,12-15,20,22H,3-6,10-11,16-17H2,1-2H3,(H,27,29). The van der Waals surface area contributed by atoms with Gasteiger partial charge in [0.15, 0.2) is 11.5 Å². The van der Waals surface area contributed by atoms with E-state index in [1.54, 1.807) is 12.0 Å². The van der Waals surface area contributed by atoms with Crippen LogP contribution in [-0.2, 0) is 11.3 Å². The minimum Gasteiger partial charge on any atom is -0.493 e. The van der Waals surface area contributed by atoms with Gasteiger partial charge in [-0.1, -0.05) is 43.5 Å². The Morgan fingerprint density at radius 3 is 2.62 bits per heavy atom. The van der Waals surface area contributed by atoms with Crippen LogP contribution in [0.2, 0.25) is 0 Å². The molecule has 1 saturated carbocycles. The number of nitrogens with zero attached hydrogens (tertiary/aromatic N) is 1. The molecule has 1 atom stereocenters. The van der Waals surface area contributed by atoms with Crippen molar-refractivity contribution < 1.29 is 19.1 Å². The SMILES string of the molecule is CCOc1ccc(C(CC(=O)NC2CCCCC2)N2Cc3ccccc3C2=O)cc1OC. The molecule has 1 unspecified atom stereocenters. The number of fused-ring (bicyclic) bond motifs is 1. The first-order valence-corrected chi connectivity index (χ1v) is 11.6. The summed E-state index contributed by atoms with van der Waals surface area (Å²) >= 11 is 0. The zero-order valence-corrected chi connectivity index (χ0v) is 18.9. The Kier molecular flexibility index (Phi) is 6.98. The summed E-state index contributed by atoms with van der Waals surface area (Å²) in [5, 5.41) is 3.21. The van der Waals surface area contributed by atoms with Gasteiger partial charge in [0.05, 0.1) is 26.2 Å².